The molecule has 4 nitrogen and oxygen atoms in total. The Kier molecular flexibility index (Phi) is 6.55. The van der Waals surface area contributed by atoms with Gasteiger partial charge in [0.15, 0.2) is 0 Å². The minimum absolute atomic E-state index is 0.332. The Morgan fingerprint density at radius 3 is 2.33 bits per heavy atom. The molecule has 2 aromatic carbocycles. The number of esters is 2. The lowest BCUT2D eigenvalue weighted by Gasteiger charge is -2.07. The Morgan fingerprint density at radius 2 is 1.67 bits per heavy atom. The van der Waals surface area contributed by atoms with E-state index in [9.17, 15) is 9.59 Å². The van der Waals surface area contributed by atoms with E-state index in [4.69, 9.17) is 9.47 Å². The first-order valence-electron chi connectivity index (χ1n) is 8.12. The van der Waals surface area contributed by atoms with Crippen LogP contribution >= 0.6 is 0 Å². The summed E-state index contributed by atoms with van der Waals surface area (Å²) in [6.45, 7) is 4.59. The topological polar surface area (TPSA) is 52.6 Å². The van der Waals surface area contributed by atoms with Crippen LogP contribution < -0.4 is 0 Å². The predicted molar refractivity (Wildman–Crippen MR) is 91.9 cm³/mol. The van der Waals surface area contributed by atoms with Crippen molar-refractivity contribution in [3.05, 3.63) is 59.7 Å². The lowest BCUT2D eigenvalue weighted by atomic mass is 10.0. The predicted octanol–water partition coefficient (Wildman–Crippen LogP) is 4.29. The molecule has 0 fully saturated rings. The maximum absolute atomic E-state index is 12.0. The van der Waals surface area contributed by atoms with Gasteiger partial charge in [0.05, 0.1) is 24.3 Å². The number of hydrogen-bond acceptors (Lipinski definition) is 4. The molecule has 0 atom stereocenters. The molecule has 1 radical (unpaired) electrons. The van der Waals surface area contributed by atoms with Crippen molar-refractivity contribution in [3.8, 4) is 11.1 Å². The first-order valence-corrected chi connectivity index (χ1v) is 8.12. The average molecular weight is 325 g/mol. The van der Waals surface area contributed by atoms with Crippen molar-refractivity contribution in [2.24, 2.45) is 0 Å². The maximum atomic E-state index is 12.0. The van der Waals surface area contributed by atoms with E-state index in [-0.39, 0.29) is 11.9 Å². The Morgan fingerprint density at radius 1 is 0.958 bits per heavy atom. The number of carbonyl (C=O) groups excluding carboxylic acids is 2. The molecule has 0 aliphatic rings. The molecule has 2 rings (SSSR count). The Hall–Kier alpha value is -2.62. The average Bonchev–Trinajstić information content (AvgIpc) is 2.62. The van der Waals surface area contributed by atoms with Gasteiger partial charge >= 0.3 is 11.9 Å². The van der Waals surface area contributed by atoms with E-state index < -0.39 is 0 Å². The lowest BCUT2D eigenvalue weighted by molar-refractivity contribution is 0.0497. The van der Waals surface area contributed by atoms with Gasteiger partial charge in [0.1, 0.15) is 0 Å². The first-order chi connectivity index (χ1) is 11.7. The second-order valence-corrected chi connectivity index (χ2v) is 5.28. The molecule has 0 unspecified atom stereocenters. The van der Waals surface area contributed by atoms with Crippen LogP contribution in [0.1, 0.15) is 47.4 Å². The molecule has 0 amide bonds. The lowest BCUT2D eigenvalue weighted by Crippen LogP contribution is -2.06. The summed E-state index contributed by atoms with van der Waals surface area (Å²) in [6.07, 6.45) is 1.83. The maximum Gasteiger partial charge on any atom is 0.338 e. The molecular weight excluding hydrogens is 304 g/mol. The van der Waals surface area contributed by atoms with Crippen molar-refractivity contribution in [1.29, 1.82) is 0 Å². The summed E-state index contributed by atoms with van der Waals surface area (Å²) in [5.41, 5.74) is 2.63. The highest BCUT2D eigenvalue weighted by Gasteiger charge is 2.10. The number of ether oxygens (including phenoxy) is 2. The zero-order valence-electron chi connectivity index (χ0n) is 14.0. The van der Waals surface area contributed by atoms with E-state index >= 15 is 0 Å². The number of benzene rings is 2. The highest BCUT2D eigenvalue weighted by molar-refractivity contribution is 5.92. The van der Waals surface area contributed by atoms with Crippen LogP contribution in [-0.2, 0) is 9.47 Å². The molecule has 0 N–H and O–H groups in total. The van der Waals surface area contributed by atoms with E-state index in [0.717, 1.165) is 24.0 Å². The van der Waals surface area contributed by atoms with E-state index in [1.165, 1.54) is 0 Å². The molecule has 0 aliphatic carbocycles. The van der Waals surface area contributed by atoms with Crippen molar-refractivity contribution in [3.63, 3.8) is 0 Å². The van der Waals surface area contributed by atoms with Crippen LogP contribution in [0.4, 0.5) is 0 Å². The fraction of sp³-hybridized carbons (Fsp3) is 0.300. The number of carbonyl (C=O) groups is 2. The normalized spacial score (nSPS) is 10.2. The van der Waals surface area contributed by atoms with Crippen LogP contribution in [0, 0.1) is 6.07 Å². The molecule has 0 bridgehead atoms. The van der Waals surface area contributed by atoms with Gasteiger partial charge in [0.2, 0.25) is 0 Å². The summed E-state index contributed by atoms with van der Waals surface area (Å²) in [6, 6.07) is 15.2. The molecule has 24 heavy (non-hydrogen) atoms. The van der Waals surface area contributed by atoms with Gasteiger partial charge < -0.3 is 9.47 Å². The summed E-state index contributed by atoms with van der Waals surface area (Å²) in [7, 11) is 0. The molecule has 2 aromatic rings. The van der Waals surface area contributed by atoms with E-state index in [0.29, 0.717) is 24.3 Å². The van der Waals surface area contributed by atoms with Gasteiger partial charge in [0.25, 0.3) is 0 Å². The van der Waals surface area contributed by atoms with Crippen molar-refractivity contribution in [1.82, 2.24) is 0 Å². The summed E-state index contributed by atoms with van der Waals surface area (Å²) >= 11 is 0. The molecule has 125 valence electrons. The summed E-state index contributed by atoms with van der Waals surface area (Å²) < 4.78 is 10.2. The second kappa shape index (κ2) is 8.87. The Balaban J connectivity index is 2.13. The van der Waals surface area contributed by atoms with Crippen molar-refractivity contribution in [2.75, 3.05) is 13.2 Å². The molecule has 0 heterocycles. The molecule has 0 saturated heterocycles. The number of unbranched alkanes of at least 4 members (excludes halogenated alkanes) is 1. The van der Waals surface area contributed by atoms with Crippen LogP contribution in [0.15, 0.2) is 42.5 Å². The van der Waals surface area contributed by atoms with Crippen molar-refractivity contribution < 1.29 is 19.1 Å². The van der Waals surface area contributed by atoms with E-state index in [1.807, 2.05) is 19.1 Å². The van der Waals surface area contributed by atoms with Gasteiger partial charge in [-0.25, -0.2) is 9.59 Å². The van der Waals surface area contributed by atoms with Gasteiger partial charge in [-0.15, -0.1) is 0 Å². The van der Waals surface area contributed by atoms with E-state index in [2.05, 4.69) is 6.07 Å². The third kappa shape index (κ3) is 4.69. The number of rotatable bonds is 7. The largest absolute Gasteiger partial charge is 0.462 e. The highest BCUT2D eigenvalue weighted by atomic mass is 16.5. The molecule has 0 aliphatic heterocycles. The minimum Gasteiger partial charge on any atom is -0.462 e. The quantitative estimate of drug-likeness (QED) is 0.563. The minimum atomic E-state index is -0.346. The highest BCUT2D eigenvalue weighted by Crippen LogP contribution is 2.21. The molecular formula is C20H21O4. The standard InChI is InChI=1S/C20H21O4/c1-3-5-13-24-20(22)18-8-6-7-17(14-18)15-9-11-16(12-10-15)19(21)23-4-2/h6,8-12,14H,3-5,13H2,1-2H3. The van der Waals surface area contributed by atoms with Gasteiger partial charge in [-0.1, -0.05) is 31.5 Å². The number of hydrogen-bond donors (Lipinski definition) is 0. The third-order valence-electron chi connectivity index (χ3n) is 3.48. The molecule has 4 heteroatoms. The Bertz CT molecular complexity index is 689. The zero-order valence-corrected chi connectivity index (χ0v) is 14.0. The summed E-state index contributed by atoms with van der Waals surface area (Å²) in [4.78, 5) is 23.7. The van der Waals surface area contributed by atoms with Crippen LogP contribution in [0.3, 0.4) is 0 Å². The van der Waals surface area contributed by atoms with E-state index in [1.54, 1.807) is 37.3 Å². The van der Waals surface area contributed by atoms with Gasteiger partial charge in [-0.3, -0.25) is 0 Å². The van der Waals surface area contributed by atoms with Crippen molar-refractivity contribution in [2.45, 2.75) is 26.7 Å². The molecule has 0 spiro atoms. The van der Waals surface area contributed by atoms with Gasteiger partial charge in [-0.05, 0) is 54.8 Å². The monoisotopic (exact) mass is 325 g/mol. The summed E-state index contributed by atoms with van der Waals surface area (Å²) in [5.74, 6) is -0.678. The van der Waals surface area contributed by atoms with Crippen LogP contribution in [-0.4, -0.2) is 25.2 Å². The van der Waals surface area contributed by atoms with Crippen LogP contribution in [0.25, 0.3) is 11.1 Å². The third-order valence-corrected chi connectivity index (χ3v) is 3.48. The van der Waals surface area contributed by atoms with Crippen LogP contribution in [0.2, 0.25) is 0 Å². The van der Waals surface area contributed by atoms with Crippen molar-refractivity contribution >= 4 is 11.9 Å². The zero-order chi connectivity index (χ0) is 17.4. The van der Waals surface area contributed by atoms with Crippen LogP contribution in [0.5, 0.6) is 0 Å². The molecule has 0 saturated carbocycles. The SMILES string of the molecule is CCCCOC(=O)c1cc[c]c(-c2ccc(C(=O)OCC)cc2)c1. The smallest absolute Gasteiger partial charge is 0.338 e. The second-order valence-electron chi connectivity index (χ2n) is 5.28. The molecule has 0 aromatic heterocycles. The fourth-order valence-corrected chi connectivity index (χ4v) is 2.15. The van der Waals surface area contributed by atoms with Gasteiger partial charge in [-0.2, -0.15) is 0 Å². The first kappa shape index (κ1) is 17.7. The Labute approximate surface area is 142 Å². The van der Waals surface area contributed by atoms with Gasteiger partial charge in [0, 0.05) is 0 Å². The summed E-state index contributed by atoms with van der Waals surface area (Å²) in [5, 5.41) is 0. The fourth-order valence-electron chi connectivity index (χ4n) is 2.15.